The highest BCUT2D eigenvalue weighted by Gasteiger charge is 2.30. The molecule has 0 aliphatic rings. The molecular formula is C65H116N2O7P+. The van der Waals surface area contributed by atoms with Gasteiger partial charge >= 0.3 is 13.8 Å². The number of esters is 1. The van der Waals surface area contributed by atoms with Crippen LogP contribution < -0.4 is 5.32 Å². The minimum atomic E-state index is -4.46. The molecule has 3 atom stereocenters. The number of nitrogens with one attached hydrogen (secondary N) is 1. The summed E-state index contributed by atoms with van der Waals surface area (Å²) >= 11 is 0. The Bertz CT molecular complexity index is 1610. The number of carbonyl (C=O) groups is 2. The second-order valence-electron chi connectivity index (χ2n) is 21.5. The zero-order valence-corrected chi connectivity index (χ0v) is 50.2. The van der Waals surface area contributed by atoms with E-state index in [2.05, 4.69) is 105 Å². The molecule has 75 heavy (non-hydrogen) atoms. The van der Waals surface area contributed by atoms with E-state index in [1.807, 2.05) is 39.4 Å². The Morgan fingerprint density at radius 1 is 0.480 bits per heavy atom. The van der Waals surface area contributed by atoms with E-state index in [-0.39, 0.29) is 25.5 Å². The summed E-state index contributed by atoms with van der Waals surface area (Å²) < 4.78 is 30.6. The fraction of sp³-hybridized carbons (Fsp3) is 0.723. The van der Waals surface area contributed by atoms with Crippen molar-refractivity contribution in [1.29, 1.82) is 0 Å². The van der Waals surface area contributed by atoms with Gasteiger partial charge in [0, 0.05) is 12.8 Å². The lowest BCUT2D eigenvalue weighted by Gasteiger charge is -2.27. The molecule has 0 heterocycles. The van der Waals surface area contributed by atoms with Gasteiger partial charge in [0.05, 0.1) is 33.8 Å². The molecule has 10 heteroatoms. The first-order valence-electron chi connectivity index (χ1n) is 30.6. The number of quaternary nitrogens is 1. The number of unbranched alkanes of at least 4 members (excludes halogenated alkanes) is 24. The molecule has 0 saturated heterocycles. The summed E-state index contributed by atoms with van der Waals surface area (Å²) in [6.45, 7) is 6.83. The Labute approximate surface area is 462 Å². The normalized spacial score (nSPS) is 14.4. The fourth-order valence-corrected chi connectivity index (χ4v) is 9.05. The SMILES string of the molecule is CC/C=C\C/C=C\C/C=C\C/C=C\C/C=C\CCCCCCCCCCCC(=O)NC(COP(=O)(O)OCC[N+](C)(C)C)C(/C=C\CCCCCCCCCCC)OC(=O)CC/C=C/C/C=C\CCCCCCCC. The Morgan fingerprint density at radius 3 is 1.31 bits per heavy atom. The molecule has 1 amide bonds. The van der Waals surface area contributed by atoms with Gasteiger partial charge in [-0.2, -0.15) is 0 Å². The minimum Gasteiger partial charge on any atom is -0.456 e. The second-order valence-corrected chi connectivity index (χ2v) is 22.9. The summed E-state index contributed by atoms with van der Waals surface area (Å²) in [7, 11) is 1.46. The maximum absolute atomic E-state index is 13.5. The van der Waals surface area contributed by atoms with Crippen molar-refractivity contribution in [2.45, 2.75) is 264 Å². The van der Waals surface area contributed by atoms with Crippen molar-refractivity contribution in [2.24, 2.45) is 0 Å². The van der Waals surface area contributed by atoms with Gasteiger partial charge in [-0.1, -0.05) is 240 Å². The van der Waals surface area contributed by atoms with E-state index < -0.39 is 25.9 Å². The summed E-state index contributed by atoms with van der Waals surface area (Å²) in [4.78, 5) is 37.6. The Balaban J connectivity index is 5.19. The van der Waals surface area contributed by atoms with Crippen molar-refractivity contribution in [3.63, 3.8) is 0 Å². The number of amides is 1. The maximum Gasteiger partial charge on any atom is 0.472 e. The van der Waals surface area contributed by atoms with E-state index in [4.69, 9.17) is 13.8 Å². The van der Waals surface area contributed by atoms with Crippen LogP contribution >= 0.6 is 7.82 Å². The van der Waals surface area contributed by atoms with Crippen LogP contribution in [0.5, 0.6) is 0 Å². The summed E-state index contributed by atoms with van der Waals surface area (Å²) in [5.74, 6) is -0.595. The van der Waals surface area contributed by atoms with Crippen LogP contribution in [-0.2, 0) is 27.9 Å². The van der Waals surface area contributed by atoms with E-state index >= 15 is 0 Å². The molecular weight excluding hydrogens is 952 g/mol. The molecule has 0 aromatic heterocycles. The molecule has 0 saturated carbocycles. The third-order valence-electron chi connectivity index (χ3n) is 13.0. The molecule has 0 aromatic rings. The van der Waals surface area contributed by atoms with Crippen molar-refractivity contribution in [3.8, 4) is 0 Å². The quantitative estimate of drug-likeness (QED) is 0.0205. The minimum absolute atomic E-state index is 0.0274. The standard InChI is InChI=1S/C65H115N2O7P/c1-7-10-13-16-19-22-25-27-28-29-30-31-32-33-34-35-36-37-38-40-42-45-48-51-54-57-64(68)66-62(61-73-75(70,71)72-60-59-67(4,5)6)63(56-53-50-47-44-41-24-21-18-15-12-9-3)74-65(69)58-55-52-49-46-43-39-26-23-20-17-14-11-8-2/h10,13,19,22,27-28,30-31,33-34,39,43,49,52-53,56,62-63H,7-9,11-12,14-18,20-21,23-26,29,32,35-38,40-42,44-48,50-51,54-55,57-61H2,1-6H3,(H-,66,68,70,71)/p+1/b13-10-,22-19-,28-27-,31-30-,34-33-,43-39-,52-49+,56-53-. The van der Waals surface area contributed by atoms with E-state index in [0.29, 0.717) is 23.9 Å². The predicted octanol–water partition coefficient (Wildman–Crippen LogP) is 18.8. The van der Waals surface area contributed by atoms with E-state index in [9.17, 15) is 19.0 Å². The predicted molar refractivity (Wildman–Crippen MR) is 323 cm³/mol. The van der Waals surface area contributed by atoms with Gasteiger partial charge in [0.25, 0.3) is 0 Å². The number of ether oxygens (including phenoxy) is 1. The molecule has 0 radical (unpaired) electrons. The molecule has 0 aliphatic heterocycles. The molecule has 0 rings (SSSR count). The number of allylic oxidation sites excluding steroid dienone is 15. The number of rotatable bonds is 54. The van der Waals surface area contributed by atoms with Crippen LogP contribution in [0.25, 0.3) is 0 Å². The number of nitrogens with zero attached hydrogens (tertiary/aromatic N) is 1. The number of hydrogen-bond donors (Lipinski definition) is 2. The van der Waals surface area contributed by atoms with Gasteiger partial charge < -0.3 is 19.4 Å². The van der Waals surface area contributed by atoms with Crippen LogP contribution in [0, 0.1) is 0 Å². The molecule has 2 N–H and O–H groups in total. The van der Waals surface area contributed by atoms with Crippen LogP contribution in [0.2, 0.25) is 0 Å². The highest BCUT2D eigenvalue weighted by Crippen LogP contribution is 2.43. The molecule has 0 bridgehead atoms. The van der Waals surface area contributed by atoms with E-state index in [0.717, 1.165) is 96.3 Å². The van der Waals surface area contributed by atoms with Crippen LogP contribution in [-0.4, -0.2) is 74.3 Å². The first kappa shape index (κ1) is 71.9. The fourth-order valence-electron chi connectivity index (χ4n) is 8.31. The topological polar surface area (TPSA) is 111 Å². The molecule has 0 spiro atoms. The van der Waals surface area contributed by atoms with Crippen molar-refractivity contribution >= 4 is 19.7 Å². The lowest BCUT2D eigenvalue weighted by Crippen LogP contribution is -2.47. The first-order valence-corrected chi connectivity index (χ1v) is 32.1. The lowest BCUT2D eigenvalue weighted by atomic mass is 10.0. The Morgan fingerprint density at radius 2 is 0.867 bits per heavy atom. The van der Waals surface area contributed by atoms with Crippen molar-refractivity contribution in [1.82, 2.24) is 5.32 Å². The van der Waals surface area contributed by atoms with Crippen molar-refractivity contribution in [2.75, 3.05) is 40.9 Å². The average molecular weight is 1070 g/mol. The molecule has 0 aliphatic carbocycles. The van der Waals surface area contributed by atoms with Gasteiger partial charge in [0.15, 0.2) is 0 Å². The van der Waals surface area contributed by atoms with Gasteiger partial charge in [-0.15, -0.1) is 0 Å². The highest BCUT2D eigenvalue weighted by atomic mass is 31.2. The van der Waals surface area contributed by atoms with Crippen LogP contribution in [0.3, 0.4) is 0 Å². The lowest BCUT2D eigenvalue weighted by molar-refractivity contribution is -0.870. The second kappa shape index (κ2) is 54.3. The van der Waals surface area contributed by atoms with E-state index in [1.54, 1.807) is 0 Å². The van der Waals surface area contributed by atoms with Crippen LogP contribution in [0.15, 0.2) is 97.2 Å². The third-order valence-corrected chi connectivity index (χ3v) is 14.0. The Kier molecular flexibility index (Phi) is 52.1. The number of carbonyl (C=O) groups excluding carboxylic acids is 2. The van der Waals surface area contributed by atoms with Gasteiger partial charge in [-0.05, 0) is 96.0 Å². The summed E-state index contributed by atoms with van der Waals surface area (Å²) in [5.41, 5.74) is 0. The van der Waals surface area contributed by atoms with Gasteiger partial charge in [-0.3, -0.25) is 18.6 Å². The van der Waals surface area contributed by atoms with Gasteiger partial charge in [0.2, 0.25) is 5.91 Å². The highest BCUT2D eigenvalue weighted by molar-refractivity contribution is 7.47. The van der Waals surface area contributed by atoms with Crippen molar-refractivity contribution in [3.05, 3.63) is 97.2 Å². The number of phosphoric acid groups is 1. The molecule has 9 nitrogen and oxygen atoms in total. The zero-order chi connectivity index (χ0) is 55.0. The van der Waals surface area contributed by atoms with E-state index in [1.165, 1.54) is 116 Å². The zero-order valence-electron chi connectivity index (χ0n) is 49.3. The largest absolute Gasteiger partial charge is 0.472 e. The first-order chi connectivity index (χ1) is 36.4. The van der Waals surface area contributed by atoms with Crippen molar-refractivity contribution < 1.29 is 37.3 Å². The summed E-state index contributed by atoms with van der Waals surface area (Å²) in [6, 6.07) is -0.878. The maximum atomic E-state index is 13.5. The third kappa shape index (κ3) is 55.5. The molecule has 0 fully saturated rings. The molecule has 432 valence electrons. The number of hydrogen-bond acceptors (Lipinski definition) is 6. The summed E-state index contributed by atoms with van der Waals surface area (Å²) in [6.07, 6.45) is 72.8. The monoisotopic (exact) mass is 1070 g/mol. The van der Waals surface area contributed by atoms with Crippen LogP contribution in [0.1, 0.15) is 252 Å². The number of likely N-dealkylation sites (N-methyl/N-ethyl adjacent to an activating group) is 1. The van der Waals surface area contributed by atoms with Crippen LogP contribution in [0.4, 0.5) is 0 Å². The number of phosphoric ester groups is 1. The smallest absolute Gasteiger partial charge is 0.456 e. The molecule has 0 aromatic carbocycles. The summed E-state index contributed by atoms with van der Waals surface area (Å²) in [5, 5.41) is 3.03. The van der Waals surface area contributed by atoms with Gasteiger partial charge in [0.1, 0.15) is 19.3 Å². The molecule has 3 unspecified atom stereocenters. The average Bonchev–Trinajstić information content (AvgIpc) is 3.37. The Hall–Kier alpha value is -3.07. The van der Waals surface area contributed by atoms with Gasteiger partial charge in [-0.25, -0.2) is 4.57 Å².